The van der Waals surface area contributed by atoms with E-state index in [1.54, 1.807) is 6.07 Å². The number of rotatable bonds is 6. The third-order valence-corrected chi connectivity index (χ3v) is 7.00. The zero-order valence-electron chi connectivity index (χ0n) is 18.1. The highest BCUT2D eigenvalue weighted by Crippen LogP contribution is 2.55. The number of carbonyl (C=O) groups excluding carboxylic acids is 1. The second-order valence-electron chi connectivity index (χ2n) is 9.31. The molecule has 2 aromatic carbocycles. The van der Waals surface area contributed by atoms with Crippen molar-refractivity contribution in [3.63, 3.8) is 0 Å². The quantitative estimate of drug-likeness (QED) is 0.730. The number of ketones is 1. The monoisotopic (exact) mass is 433 g/mol. The topological polar surface area (TPSA) is 74.2 Å². The van der Waals surface area contributed by atoms with E-state index in [1.807, 2.05) is 24.3 Å². The van der Waals surface area contributed by atoms with Gasteiger partial charge in [-0.05, 0) is 60.5 Å². The van der Waals surface area contributed by atoms with Crippen LogP contribution in [-0.4, -0.2) is 44.2 Å². The predicted octanol–water partition coefficient (Wildman–Crippen LogP) is 3.41. The number of halogens is 1. The van der Waals surface area contributed by atoms with Gasteiger partial charge in [-0.2, -0.15) is 5.26 Å². The van der Waals surface area contributed by atoms with E-state index in [0.717, 1.165) is 61.0 Å². The van der Waals surface area contributed by atoms with Crippen LogP contribution in [0, 0.1) is 22.6 Å². The molecule has 2 N–H and O–H groups in total. The fourth-order valence-electron chi connectivity index (χ4n) is 4.88. The number of hydrogen-bond donors (Lipinski definition) is 2. The molecule has 32 heavy (non-hydrogen) atoms. The highest BCUT2D eigenvalue weighted by molar-refractivity contribution is 6.07. The standard InChI is InChI=1S/C26H28FN3O2/c27-24-12-18(17-4-5-23-20(10-17)13-26(6-7-26)25(23)31)2-3-19(24)11-21(14-28)30-16-22-15-29-8-1-9-32-22/h2-5,10,12,21-22,29-30H,1,6-9,11,13,15-16H2/t21-,22?/m0/s1. The van der Waals surface area contributed by atoms with Gasteiger partial charge in [-0.15, -0.1) is 0 Å². The number of carbonyl (C=O) groups is 1. The van der Waals surface area contributed by atoms with Crippen LogP contribution >= 0.6 is 0 Å². The maximum atomic E-state index is 14.9. The summed E-state index contributed by atoms with van der Waals surface area (Å²) in [5.74, 6) is -0.0344. The number of nitrogens with one attached hydrogen (secondary N) is 2. The smallest absolute Gasteiger partial charge is 0.169 e. The van der Waals surface area contributed by atoms with Gasteiger partial charge in [-0.25, -0.2) is 4.39 Å². The maximum Gasteiger partial charge on any atom is 0.169 e. The van der Waals surface area contributed by atoms with E-state index < -0.39 is 6.04 Å². The molecule has 2 aliphatic carbocycles. The van der Waals surface area contributed by atoms with Crippen LogP contribution in [0.3, 0.4) is 0 Å². The molecule has 0 bridgehead atoms. The molecule has 1 heterocycles. The van der Waals surface area contributed by atoms with Crippen molar-refractivity contribution in [1.29, 1.82) is 5.26 Å². The first-order valence-electron chi connectivity index (χ1n) is 11.5. The van der Waals surface area contributed by atoms with Gasteiger partial charge < -0.3 is 10.1 Å². The third-order valence-electron chi connectivity index (χ3n) is 7.00. The largest absolute Gasteiger partial charge is 0.376 e. The summed E-state index contributed by atoms with van der Waals surface area (Å²) in [6.07, 6.45) is 4.07. The lowest BCUT2D eigenvalue weighted by Gasteiger charge is -2.18. The molecule has 5 nitrogen and oxygen atoms in total. The number of Topliss-reactive ketones (excluding diaryl/α,β-unsaturated/α-hetero) is 1. The van der Waals surface area contributed by atoms with Crippen molar-refractivity contribution >= 4 is 5.78 Å². The third kappa shape index (κ3) is 4.21. The van der Waals surface area contributed by atoms with Crippen LogP contribution in [0.5, 0.6) is 0 Å². The summed E-state index contributed by atoms with van der Waals surface area (Å²) in [7, 11) is 0. The van der Waals surface area contributed by atoms with Crippen molar-refractivity contribution < 1.29 is 13.9 Å². The minimum absolute atomic E-state index is 0.0158. The summed E-state index contributed by atoms with van der Waals surface area (Å²) < 4.78 is 20.7. The van der Waals surface area contributed by atoms with E-state index in [-0.39, 0.29) is 23.1 Å². The van der Waals surface area contributed by atoms with Crippen LogP contribution in [0.2, 0.25) is 0 Å². The summed E-state index contributed by atoms with van der Waals surface area (Å²) in [6.45, 7) is 2.96. The highest BCUT2D eigenvalue weighted by Gasteiger charge is 2.54. The summed E-state index contributed by atoms with van der Waals surface area (Å²) >= 11 is 0. The van der Waals surface area contributed by atoms with E-state index in [2.05, 4.69) is 16.7 Å². The Balaban J connectivity index is 1.25. The zero-order chi connectivity index (χ0) is 22.1. The van der Waals surface area contributed by atoms with Crippen LogP contribution in [-0.2, 0) is 17.6 Å². The first-order chi connectivity index (χ1) is 15.6. The lowest BCUT2D eigenvalue weighted by atomic mass is 9.97. The minimum Gasteiger partial charge on any atom is -0.376 e. The second-order valence-corrected chi connectivity index (χ2v) is 9.31. The number of fused-ring (bicyclic) bond motifs is 1. The Morgan fingerprint density at radius 3 is 2.84 bits per heavy atom. The van der Waals surface area contributed by atoms with Crippen LogP contribution in [0.25, 0.3) is 11.1 Å². The molecule has 2 fully saturated rings. The van der Waals surface area contributed by atoms with Crippen molar-refractivity contribution in [2.24, 2.45) is 5.41 Å². The summed E-state index contributed by atoms with van der Waals surface area (Å²) in [5, 5.41) is 16.1. The lowest BCUT2D eigenvalue weighted by molar-refractivity contribution is 0.0660. The van der Waals surface area contributed by atoms with Gasteiger partial charge in [0, 0.05) is 37.1 Å². The molecule has 0 radical (unpaired) electrons. The van der Waals surface area contributed by atoms with E-state index >= 15 is 0 Å². The number of nitrogens with zero attached hydrogens (tertiary/aromatic N) is 1. The molecule has 1 unspecified atom stereocenters. The number of nitriles is 1. The van der Waals surface area contributed by atoms with E-state index in [4.69, 9.17) is 4.74 Å². The van der Waals surface area contributed by atoms with Crippen molar-refractivity contribution in [1.82, 2.24) is 10.6 Å². The zero-order valence-corrected chi connectivity index (χ0v) is 18.1. The Morgan fingerprint density at radius 2 is 2.06 bits per heavy atom. The van der Waals surface area contributed by atoms with Gasteiger partial charge in [-0.3, -0.25) is 10.1 Å². The molecule has 3 aliphatic rings. The van der Waals surface area contributed by atoms with Gasteiger partial charge >= 0.3 is 0 Å². The molecule has 1 saturated carbocycles. The normalized spacial score (nSPS) is 22.2. The fraction of sp³-hybridized carbons (Fsp3) is 0.462. The SMILES string of the molecule is N#C[C@H](Cc1ccc(-c2ccc3c(c2)CC2(CC2)C3=O)cc1F)NCC1CNCCCO1. The van der Waals surface area contributed by atoms with Crippen LogP contribution in [0.1, 0.15) is 40.7 Å². The summed E-state index contributed by atoms with van der Waals surface area (Å²) in [5.41, 5.74) is 4.01. The highest BCUT2D eigenvalue weighted by atomic mass is 19.1. The van der Waals surface area contributed by atoms with Crippen molar-refractivity contribution in [2.45, 2.75) is 44.2 Å². The molecule has 1 aliphatic heterocycles. The molecule has 6 heteroatoms. The molecule has 0 aromatic heterocycles. The first-order valence-corrected chi connectivity index (χ1v) is 11.5. The lowest BCUT2D eigenvalue weighted by Crippen LogP contribution is -2.40. The molecular formula is C26H28FN3O2. The molecule has 166 valence electrons. The van der Waals surface area contributed by atoms with Gasteiger partial charge in [0.15, 0.2) is 5.78 Å². The Morgan fingerprint density at radius 1 is 1.25 bits per heavy atom. The Labute approximate surface area is 188 Å². The minimum atomic E-state index is -0.483. The van der Waals surface area contributed by atoms with Crippen molar-refractivity contribution in [2.75, 3.05) is 26.2 Å². The number of benzene rings is 2. The average Bonchev–Trinajstić information content (AvgIpc) is 3.57. The molecule has 2 atom stereocenters. The molecule has 0 amide bonds. The van der Waals surface area contributed by atoms with Gasteiger partial charge in [-0.1, -0.05) is 30.3 Å². The predicted molar refractivity (Wildman–Crippen MR) is 120 cm³/mol. The van der Waals surface area contributed by atoms with Crippen LogP contribution in [0.15, 0.2) is 36.4 Å². The Bertz CT molecular complexity index is 1070. The Kier molecular flexibility index (Phi) is 5.81. The van der Waals surface area contributed by atoms with Crippen molar-refractivity contribution in [3.8, 4) is 17.2 Å². The molecule has 5 rings (SSSR count). The molecule has 2 aromatic rings. The number of hydrogen-bond acceptors (Lipinski definition) is 5. The van der Waals surface area contributed by atoms with E-state index in [0.29, 0.717) is 25.1 Å². The summed E-state index contributed by atoms with van der Waals surface area (Å²) in [6, 6.07) is 12.8. The maximum absolute atomic E-state index is 14.9. The molecule has 1 spiro atoms. The van der Waals surface area contributed by atoms with Gasteiger partial charge in [0.05, 0.1) is 18.2 Å². The van der Waals surface area contributed by atoms with Gasteiger partial charge in [0.25, 0.3) is 0 Å². The first kappa shape index (κ1) is 21.3. The van der Waals surface area contributed by atoms with Gasteiger partial charge in [0.2, 0.25) is 0 Å². The van der Waals surface area contributed by atoms with Gasteiger partial charge in [0.1, 0.15) is 5.82 Å². The summed E-state index contributed by atoms with van der Waals surface area (Å²) in [4.78, 5) is 12.5. The van der Waals surface area contributed by atoms with E-state index in [9.17, 15) is 14.4 Å². The second kappa shape index (κ2) is 8.74. The average molecular weight is 434 g/mol. The van der Waals surface area contributed by atoms with Crippen molar-refractivity contribution in [3.05, 3.63) is 58.9 Å². The van der Waals surface area contributed by atoms with Crippen LogP contribution in [0.4, 0.5) is 4.39 Å². The number of ether oxygens (including phenoxy) is 1. The van der Waals surface area contributed by atoms with Crippen LogP contribution < -0.4 is 10.6 Å². The Hall–Kier alpha value is -2.59. The van der Waals surface area contributed by atoms with E-state index in [1.165, 1.54) is 6.07 Å². The molecular weight excluding hydrogens is 405 g/mol. The fourth-order valence-corrected chi connectivity index (χ4v) is 4.88. The molecule has 1 saturated heterocycles.